The molecule has 0 radical (unpaired) electrons. The van der Waals surface area contributed by atoms with Crippen molar-refractivity contribution >= 4 is 34.9 Å². The lowest BCUT2D eigenvalue weighted by atomic mass is 10.1. The fourth-order valence-electron chi connectivity index (χ4n) is 2.72. The van der Waals surface area contributed by atoms with Crippen molar-refractivity contribution in [2.45, 2.75) is 20.8 Å². The molecule has 1 heterocycles. The van der Waals surface area contributed by atoms with Gasteiger partial charge in [-0.1, -0.05) is 18.2 Å². The SMILES string of the molecule is Cc1ccc(-c2ccc(C(=O)NC(=S)Nc3cc(C(=O)O)ccc3C)o2)cc1C. The summed E-state index contributed by atoms with van der Waals surface area (Å²) in [5.41, 5.74) is 4.61. The van der Waals surface area contributed by atoms with Gasteiger partial charge in [-0.05, 0) is 80.0 Å². The summed E-state index contributed by atoms with van der Waals surface area (Å²) in [4.78, 5) is 23.6. The van der Waals surface area contributed by atoms with Gasteiger partial charge in [0.1, 0.15) is 5.76 Å². The number of aryl methyl sites for hydroxylation is 3. The van der Waals surface area contributed by atoms with Crippen molar-refractivity contribution in [3.63, 3.8) is 0 Å². The van der Waals surface area contributed by atoms with Crippen molar-refractivity contribution in [1.82, 2.24) is 5.32 Å². The third kappa shape index (κ3) is 4.70. The Kier molecular flexibility index (Phi) is 5.79. The number of nitrogens with one attached hydrogen (secondary N) is 2. The molecule has 0 aliphatic heterocycles. The molecule has 0 spiro atoms. The van der Waals surface area contributed by atoms with Gasteiger partial charge in [0.05, 0.1) is 5.56 Å². The number of carboxylic acid groups (broad SMARTS) is 1. The highest BCUT2D eigenvalue weighted by Crippen LogP contribution is 2.24. The Morgan fingerprint density at radius 1 is 0.931 bits per heavy atom. The molecule has 0 aliphatic carbocycles. The molecule has 148 valence electrons. The molecule has 3 N–H and O–H groups in total. The number of thiocarbonyl (C=S) groups is 1. The summed E-state index contributed by atoms with van der Waals surface area (Å²) in [5.74, 6) is -0.831. The minimum Gasteiger partial charge on any atom is -0.478 e. The smallest absolute Gasteiger partial charge is 0.335 e. The molecule has 0 fully saturated rings. The Morgan fingerprint density at radius 2 is 1.66 bits per heavy atom. The van der Waals surface area contributed by atoms with E-state index < -0.39 is 11.9 Å². The first kappa shape index (κ1) is 20.3. The van der Waals surface area contributed by atoms with Crippen LogP contribution in [0.1, 0.15) is 37.6 Å². The van der Waals surface area contributed by atoms with E-state index in [1.54, 1.807) is 25.1 Å². The van der Waals surface area contributed by atoms with Gasteiger partial charge in [-0.3, -0.25) is 10.1 Å². The van der Waals surface area contributed by atoms with Crippen molar-refractivity contribution in [1.29, 1.82) is 0 Å². The molecule has 2 aromatic carbocycles. The number of carbonyl (C=O) groups excluding carboxylic acids is 1. The lowest BCUT2D eigenvalue weighted by Gasteiger charge is -2.11. The second-order valence-corrected chi connectivity index (χ2v) is 7.11. The summed E-state index contributed by atoms with van der Waals surface area (Å²) in [7, 11) is 0. The van der Waals surface area contributed by atoms with E-state index in [-0.39, 0.29) is 16.4 Å². The second-order valence-electron chi connectivity index (χ2n) is 6.71. The van der Waals surface area contributed by atoms with Crippen molar-refractivity contribution in [3.8, 4) is 11.3 Å². The van der Waals surface area contributed by atoms with Crippen LogP contribution in [0.5, 0.6) is 0 Å². The number of anilines is 1. The number of rotatable bonds is 4. The summed E-state index contributed by atoms with van der Waals surface area (Å²) in [6.45, 7) is 5.85. The number of carbonyl (C=O) groups is 2. The maximum atomic E-state index is 12.4. The molecule has 0 bridgehead atoms. The van der Waals surface area contributed by atoms with Crippen LogP contribution in [0.25, 0.3) is 11.3 Å². The number of hydrogen-bond acceptors (Lipinski definition) is 4. The molecule has 0 unspecified atom stereocenters. The molecule has 0 aliphatic rings. The van der Waals surface area contributed by atoms with Crippen LogP contribution in [0.3, 0.4) is 0 Å². The van der Waals surface area contributed by atoms with Gasteiger partial charge in [0.15, 0.2) is 10.9 Å². The summed E-state index contributed by atoms with van der Waals surface area (Å²) >= 11 is 5.18. The highest BCUT2D eigenvalue weighted by atomic mass is 32.1. The van der Waals surface area contributed by atoms with Crippen LogP contribution in [0.2, 0.25) is 0 Å². The molecule has 29 heavy (non-hydrogen) atoms. The van der Waals surface area contributed by atoms with Crippen LogP contribution in [-0.4, -0.2) is 22.1 Å². The van der Waals surface area contributed by atoms with E-state index in [1.165, 1.54) is 17.7 Å². The number of furan rings is 1. The Bertz CT molecular complexity index is 1120. The topological polar surface area (TPSA) is 91.6 Å². The van der Waals surface area contributed by atoms with Crippen molar-refractivity contribution in [3.05, 3.63) is 76.5 Å². The standard InChI is InChI=1S/C22H20N2O4S/c1-12-4-6-15(10-14(12)3)18-8-9-19(28-18)20(25)24-22(29)23-17-11-16(21(26)27)7-5-13(17)2/h4-11H,1-3H3,(H,26,27)(H2,23,24,25,29). The number of amides is 1. The number of hydrogen-bond donors (Lipinski definition) is 3. The summed E-state index contributed by atoms with van der Waals surface area (Å²) in [5, 5.41) is 14.6. The molecule has 3 rings (SSSR count). The number of aromatic carboxylic acids is 1. The predicted molar refractivity (Wildman–Crippen MR) is 115 cm³/mol. The normalized spacial score (nSPS) is 10.4. The first-order valence-electron chi connectivity index (χ1n) is 8.88. The summed E-state index contributed by atoms with van der Waals surface area (Å²) in [6.07, 6.45) is 0. The first-order valence-corrected chi connectivity index (χ1v) is 9.29. The lowest BCUT2D eigenvalue weighted by molar-refractivity contribution is 0.0696. The molecular formula is C22H20N2O4S. The predicted octanol–water partition coefficient (Wildman–Crippen LogP) is 4.70. The maximum absolute atomic E-state index is 12.4. The Labute approximate surface area is 173 Å². The van der Waals surface area contributed by atoms with Crippen LogP contribution < -0.4 is 10.6 Å². The van der Waals surface area contributed by atoms with E-state index in [9.17, 15) is 9.59 Å². The van der Waals surface area contributed by atoms with Gasteiger partial charge < -0.3 is 14.8 Å². The van der Waals surface area contributed by atoms with E-state index in [2.05, 4.69) is 10.6 Å². The average molecular weight is 408 g/mol. The minimum atomic E-state index is -1.04. The molecular weight excluding hydrogens is 388 g/mol. The molecule has 0 saturated carbocycles. The van der Waals surface area contributed by atoms with Crippen LogP contribution in [0.4, 0.5) is 5.69 Å². The second kappa shape index (κ2) is 8.28. The Morgan fingerprint density at radius 3 is 2.34 bits per heavy atom. The van der Waals surface area contributed by atoms with Gasteiger partial charge in [0.2, 0.25) is 0 Å². The Hall–Kier alpha value is -3.45. The van der Waals surface area contributed by atoms with Crippen molar-refractivity contribution in [2.75, 3.05) is 5.32 Å². The van der Waals surface area contributed by atoms with Crippen LogP contribution in [-0.2, 0) is 0 Å². The molecule has 0 saturated heterocycles. The van der Waals surface area contributed by atoms with E-state index in [0.29, 0.717) is 11.4 Å². The highest BCUT2D eigenvalue weighted by Gasteiger charge is 2.15. The third-order valence-corrected chi connectivity index (χ3v) is 4.79. The third-order valence-electron chi connectivity index (χ3n) is 4.58. The fourth-order valence-corrected chi connectivity index (χ4v) is 2.92. The quantitative estimate of drug-likeness (QED) is 0.542. The monoisotopic (exact) mass is 408 g/mol. The van der Waals surface area contributed by atoms with Gasteiger partial charge in [-0.25, -0.2) is 4.79 Å². The highest BCUT2D eigenvalue weighted by molar-refractivity contribution is 7.80. The molecule has 1 aromatic heterocycles. The van der Waals surface area contributed by atoms with Gasteiger partial charge in [-0.2, -0.15) is 0 Å². The number of carboxylic acids is 1. The van der Waals surface area contributed by atoms with E-state index in [1.807, 2.05) is 32.0 Å². The first-order chi connectivity index (χ1) is 13.7. The zero-order chi connectivity index (χ0) is 21.1. The average Bonchev–Trinajstić information content (AvgIpc) is 3.16. The van der Waals surface area contributed by atoms with Crippen LogP contribution in [0.15, 0.2) is 52.9 Å². The maximum Gasteiger partial charge on any atom is 0.335 e. The zero-order valence-electron chi connectivity index (χ0n) is 16.2. The minimum absolute atomic E-state index is 0.0461. The van der Waals surface area contributed by atoms with E-state index >= 15 is 0 Å². The van der Waals surface area contributed by atoms with Crippen molar-refractivity contribution in [2.24, 2.45) is 0 Å². The fraction of sp³-hybridized carbons (Fsp3) is 0.136. The molecule has 1 amide bonds. The van der Waals surface area contributed by atoms with E-state index in [0.717, 1.165) is 16.7 Å². The van der Waals surface area contributed by atoms with Crippen LogP contribution >= 0.6 is 12.2 Å². The van der Waals surface area contributed by atoms with Crippen molar-refractivity contribution < 1.29 is 19.1 Å². The van der Waals surface area contributed by atoms with Gasteiger partial charge in [-0.15, -0.1) is 0 Å². The Balaban J connectivity index is 1.70. The van der Waals surface area contributed by atoms with Gasteiger partial charge >= 0.3 is 5.97 Å². The largest absolute Gasteiger partial charge is 0.478 e. The lowest BCUT2D eigenvalue weighted by Crippen LogP contribution is -2.34. The molecule has 3 aromatic rings. The molecule has 7 heteroatoms. The molecule has 0 atom stereocenters. The summed E-state index contributed by atoms with van der Waals surface area (Å²) in [6, 6.07) is 13.9. The molecule has 6 nitrogen and oxygen atoms in total. The van der Waals surface area contributed by atoms with Crippen LogP contribution in [0, 0.1) is 20.8 Å². The number of benzene rings is 2. The summed E-state index contributed by atoms with van der Waals surface area (Å²) < 4.78 is 5.67. The van der Waals surface area contributed by atoms with Gasteiger partial charge in [0, 0.05) is 11.3 Å². The zero-order valence-corrected chi connectivity index (χ0v) is 17.0. The van der Waals surface area contributed by atoms with E-state index in [4.69, 9.17) is 21.7 Å². The van der Waals surface area contributed by atoms with Gasteiger partial charge in [0.25, 0.3) is 5.91 Å².